The maximum absolute atomic E-state index is 10.4. The number of halogens is 1. The lowest BCUT2D eigenvalue weighted by Gasteiger charge is -1.89. The second kappa shape index (κ2) is 4.32. The van der Waals surface area contributed by atoms with Gasteiger partial charge in [0.05, 0.1) is 0 Å². The fourth-order valence-electron chi connectivity index (χ4n) is 0.351. The van der Waals surface area contributed by atoms with E-state index in [-0.39, 0.29) is 6.42 Å². The number of carbonyl (C=O) groups is 2. The molecule has 0 fully saturated rings. The third-order valence-electron chi connectivity index (χ3n) is 0.812. The number of rotatable bonds is 4. The number of ketones is 1. The Bertz CT molecular complexity index is 124. The Labute approximate surface area is 58.2 Å². The lowest BCUT2D eigenvalue weighted by atomic mass is 10.2. The molecule has 0 aromatic heterocycles. The van der Waals surface area contributed by atoms with Gasteiger partial charge < -0.3 is 5.73 Å². The van der Waals surface area contributed by atoms with Crippen molar-refractivity contribution in [2.45, 2.75) is 12.8 Å². The Morgan fingerprint density at radius 2 is 2.00 bits per heavy atom. The molecule has 1 amide bonds. The number of primary amides is 1. The monoisotopic (exact) mass is 149 g/mol. The van der Waals surface area contributed by atoms with Gasteiger partial charge in [0.2, 0.25) is 5.78 Å². The van der Waals surface area contributed by atoms with Gasteiger partial charge in [0.1, 0.15) is 0 Å². The molecule has 0 heterocycles. The van der Waals surface area contributed by atoms with Crippen molar-refractivity contribution in [3.63, 3.8) is 0 Å². The van der Waals surface area contributed by atoms with Crippen LogP contribution in [0.4, 0.5) is 0 Å². The molecular formula is C5H8ClNO2. The van der Waals surface area contributed by atoms with Gasteiger partial charge in [-0.05, 0) is 6.42 Å². The van der Waals surface area contributed by atoms with Crippen molar-refractivity contribution in [3.8, 4) is 0 Å². The predicted molar refractivity (Wildman–Crippen MR) is 34.2 cm³/mol. The Hall–Kier alpha value is -0.570. The van der Waals surface area contributed by atoms with E-state index in [1.165, 1.54) is 0 Å². The molecule has 0 aliphatic heterocycles. The van der Waals surface area contributed by atoms with E-state index in [1.54, 1.807) is 0 Å². The van der Waals surface area contributed by atoms with Crippen molar-refractivity contribution >= 4 is 23.3 Å². The van der Waals surface area contributed by atoms with Crippen LogP contribution in [0.1, 0.15) is 12.8 Å². The highest BCUT2D eigenvalue weighted by Crippen LogP contribution is 1.91. The molecule has 0 bridgehead atoms. The highest BCUT2D eigenvalue weighted by molar-refractivity contribution is 6.35. The minimum Gasteiger partial charge on any atom is -0.363 e. The van der Waals surface area contributed by atoms with Crippen LogP contribution in [0.15, 0.2) is 0 Å². The van der Waals surface area contributed by atoms with Gasteiger partial charge >= 0.3 is 0 Å². The van der Waals surface area contributed by atoms with Gasteiger partial charge in [0.25, 0.3) is 5.91 Å². The molecule has 52 valence electrons. The van der Waals surface area contributed by atoms with Gasteiger partial charge in [-0.15, -0.1) is 11.6 Å². The van der Waals surface area contributed by atoms with E-state index < -0.39 is 11.7 Å². The topological polar surface area (TPSA) is 60.2 Å². The summed E-state index contributed by atoms with van der Waals surface area (Å²) in [5, 5.41) is 0. The van der Waals surface area contributed by atoms with E-state index in [2.05, 4.69) is 5.73 Å². The van der Waals surface area contributed by atoms with Crippen LogP contribution in [0, 0.1) is 0 Å². The summed E-state index contributed by atoms with van der Waals surface area (Å²) >= 11 is 5.25. The van der Waals surface area contributed by atoms with Crippen molar-refractivity contribution < 1.29 is 9.59 Å². The fraction of sp³-hybridized carbons (Fsp3) is 0.600. The molecule has 0 saturated carbocycles. The van der Waals surface area contributed by atoms with Crippen molar-refractivity contribution in [1.29, 1.82) is 0 Å². The van der Waals surface area contributed by atoms with Crippen molar-refractivity contribution in [2.24, 2.45) is 5.73 Å². The van der Waals surface area contributed by atoms with Crippen LogP contribution in [-0.4, -0.2) is 17.6 Å². The maximum atomic E-state index is 10.4. The van der Waals surface area contributed by atoms with Crippen LogP contribution in [0.5, 0.6) is 0 Å². The lowest BCUT2D eigenvalue weighted by Crippen LogP contribution is -2.22. The molecule has 0 aliphatic carbocycles. The van der Waals surface area contributed by atoms with Gasteiger partial charge in [0.15, 0.2) is 0 Å². The summed E-state index contributed by atoms with van der Waals surface area (Å²) in [7, 11) is 0. The highest BCUT2D eigenvalue weighted by Gasteiger charge is 2.06. The number of alkyl halides is 1. The molecule has 0 spiro atoms. The van der Waals surface area contributed by atoms with Gasteiger partial charge in [-0.2, -0.15) is 0 Å². The minimum absolute atomic E-state index is 0.166. The SMILES string of the molecule is NC(=O)C(=O)CCCCl. The molecule has 0 radical (unpaired) electrons. The second-order valence-corrected chi connectivity index (χ2v) is 1.96. The first-order valence-corrected chi connectivity index (χ1v) is 3.10. The molecule has 3 nitrogen and oxygen atoms in total. The third-order valence-corrected chi connectivity index (χ3v) is 1.08. The molecular weight excluding hydrogens is 142 g/mol. The van der Waals surface area contributed by atoms with Crippen molar-refractivity contribution in [2.75, 3.05) is 5.88 Å². The quantitative estimate of drug-likeness (QED) is 0.454. The molecule has 0 saturated heterocycles. The van der Waals surface area contributed by atoms with Gasteiger partial charge in [-0.1, -0.05) is 0 Å². The van der Waals surface area contributed by atoms with Crippen LogP contribution in [-0.2, 0) is 9.59 Å². The van der Waals surface area contributed by atoms with Crippen LogP contribution in [0.3, 0.4) is 0 Å². The van der Waals surface area contributed by atoms with Crippen molar-refractivity contribution in [3.05, 3.63) is 0 Å². The summed E-state index contributed by atoms with van der Waals surface area (Å²) in [6.45, 7) is 0. The molecule has 0 atom stereocenters. The molecule has 4 heteroatoms. The van der Waals surface area contributed by atoms with E-state index >= 15 is 0 Å². The van der Waals surface area contributed by atoms with Gasteiger partial charge in [-0.25, -0.2) is 0 Å². The largest absolute Gasteiger partial charge is 0.363 e. The van der Waals surface area contributed by atoms with Crippen LogP contribution in [0.25, 0.3) is 0 Å². The summed E-state index contributed by atoms with van der Waals surface area (Å²) in [4.78, 5) is 20.4. The van der Waals surface area contributed by atoms with Crippen LogP contribution in [0.2, 0.25) is 0 Å². The predicted octanol–water partition coefficient (Wildman–Crippen LogP) is 0.0598. The number of hydrogen-bond acceptors (Lipinski definition) is 2. The van der Waals surface area contributed by atoms with Gasteiger partial charge in [-0.3, -0.25) is 9.59 Å². The van der Waals surface area contributed by atoms with E-state index in [0.717, 1.165) is 0 Å². The number of amides is 1. The first kappa shape index (κ1) is 8.43. The summed E-state index contributed by atoms with van der Waals surface area (Å²) in [6, 6.07) is 0. The smallest absolute Gasteiger partial charge is 0.284 e. The highest BCUT2D eigenvalue weighted by atomic mass is 35.5. The Morgan fingerprint density at radius 1 is 1.44 bits per heavy atom. The van der Waals surface area contributed by atoms with E-state index in [1.807, 2.05) is 0 Å². The Kier molecular flexibility index (Phi) is 4.05. The average Bonchev–Trinajstić information content (AvgIpc) is 1.82. The third kappa shape index (κ3) is 3.97. The fourth-order valence-corrected chi connectivity index (χ4v) is 0.484. The summed E-state index contributed by atoms with van der Waals surface area (Å²) in [6.07, 6.45) is 0.683. The Morgan fingerprint density at radius 3 is 2.33 bits per heavy atom. The van der Waals surface area contributed by atoms with E-state index in [0.29, 0.717) is 12.3 Å². The number of Topliss-reactive ketones (excluding diaryl/α,β-unsaturated/α-hetero) is 1. The maximum Gasteiger partial charge on any atom is 0.284 e. The summed E-state index contributed by atoms with van der Waals surface area (Å²) < 4.78 is 0. The van der Waals surface area contributed by atoms with E-state index in [4.69, 9.17) is 11.6 Å². The first-order valence-electron chi connectivity index (χ1n) is 2.57. The lowest BCUT2D eigenvalue weighted by molar-refractivity contribution is -0.135. The minimum atomic E-state index is -0.875. The zero-order chi connectivity index (χ0) is 7.28. The number of carbonyl (C=O) groups excluding carboxylic acids is 2. The summed E-state index contributed by atoms with van der Waals surface area (Å²) in [5.41, 5.74) is 4.65. The number of hydrogen-bond donors (Lipinski definition) is 1. The number of nitrogens with two attached hydrogens (primary N) is 1. The van der Waals surface area contributed by atoms with Crippen LogP contribution >= 0.6 is 11.6 Å². The van der Waals surface area contributed by atoms with Gasteiger partial charge in [0, 0.05) is 12.3 Å². The zero-order valence-corrected chi connectivity index (χ0v) is 5.65. The molecule has 0 aromatic carbocycles. The standard InChI is InChI=1S/C5H8ClNO2/c6-3-1-2-4(8)5(7)9/h1-3H2,(H2,7,9). The molecule has 0 unspecified atom stereocenters. The molecule has 0 aromatic rings. The van der Waals surface area contributed by atoms with Crippen molar-refractivity contribution in [1.82, 2.24) is 0 Å². The average molecular weight is 150 g/mol. The summed E-state index contributed by atoms with van der Waals surface area (Å²) in [5.74, 6) is -1.03. The zero-order valence-electron chi connectivity index (χ0n) is 4.89. The van der Waals surface area contributed by atoms with E-state index in [9.17, 15) is 9.59 Å². The molecule has 2 N–H and O–H groups in total. The van der Waals surface area contributed by atoms with Crippen LogP contribution < -0.4 is 5.73 Å². The normalized spacial score (nSPS) is 9.00. The second-order valence-electron chi connectivity index (χ2n) is 1.58. The molecule has 0 rings (SSSR count). The molecule has 9 heavy (non-hydrogen) atoms. The first-order chi connectivity index (χ1) is 4.18. The molecule has 0 aliphatic rings. The Balaban J connectivity index is 3.39.